The van der Waals surface area contributed by atoms with Crippen molar-refractivity contribution in [3.05, 3.63) is 95.4 Å². The van der Waals surface area contributed by atoms with E-state index in [9.17, 15) is 9.59 Å². The molecule has 2 aromatic heterocycles. The number of aryl methyl sites for hydroxylation is 1. The van der Waals surface area contributed by atoms with Gasteiger partial charge in [0.25, 0.3) is 11.8 Å². The van der Waals surface area contributed by atoms with Crippen molar-refractivity contribution in [1.82, 2.24) is 20.2 Å². The molecule has 0 unspecified atom stereocenters. The third-order valence-corrected chi connectivity index (χ3v) is 4.85. The van der Waals surface area contributed by atoms with E-state index in [4.69, 9.17) is 9.47 Å². The summed E-state index contributed by atoms with van der Waals surface area (Å²) in [6.45, 7) is 2.27. The normalized spacial score (nSPS) is 10.6. The number of amides is 2. The third kappa shape index (κ3) is 4.70. The van der Waals surface area contributed by atoms with Crippen LogP contribution in [0.2, 0.25) is 0 Å². The summed E-state index contributed by atoms with van der Waals surface area (Å²) in [5.74, 6) is 0.269. The predicted octanol–water partition coefficient (Wildman–Crippen LogP) is 3.31. The van der Waals surface area contributed by atoms with E-state index in [2.05, 4.69) is 15.8 Å². The highest BCUT2D eigenvalue weighted by Gasteiger charge is 2.11. The van der Waals surface area contributed by atoms with Crippen molar-refractivity contribution >= 4 is 17.5 Å². The lowest BCUT2D eigenvalue weighted by Crippen LogP contribution is -2.41. The average Bonchev–Trinajstić information content (AvgIpc) is 3.26. The number of nitrogens with one attached hydrogen (secondary N) is 2. The molecule has 0 fully saturated rings. The molecule has 2 aromatic carbocycles. The number of benzene rings is 2. The topological polar surface area (TPSA) is 94.0 Å². The van der Waals surface area contributed by atoms with Gasteiger partial charge in [0.05, 0.1) is 12.8 Å². The Balaban J connectivity index is 1.35. The molecule has 0 atom stereocenters. The Morgan fingerprint density at radius 2 is 1.69 bits per heavy atom. The molecule has 0 aliphatic heterocycles. The van der Waals surface area contributed by atoms with E-state index in [-0.39, 0.29) is 6.61 Å². The van der Waals surface area contributed by atoms with E-state index < -0.39 is 11.8 Å². The van der Waals surface area contributed by atoms with Gasteiger partial charge in [0, 0.05) is 23.5 Å². The van der Waals surface area contributed by atoms with E-state index in [1.807, 2.05) is 35.9 Å². The SMILES string of the molecule is COc1ccc(C(=O)NNC(=O)c2cccc(OCc3cn4cccc(C)c4n3)c2)cc1. The summed E-state index contributed by atoms with van der Waals surface area (Å²) < 4.78 is 12.8. The fourth-order valence-electron chi connectivity index (χ4n) is 3.16. The van der Waals surface area contributed by atoms with Crippen LogP contribution in [0.5, 0.6) is 11.5 Å². The van der Waals surface area contributed by atoms with Gasteiger partial charge in [-0.2, -0.15) is 0 Å². The van der Waals surface area contributed by atoms with Gasteiger partial charge in [-0.25, -0.2) is 4.98 Å². The number of carbonyl (C=O) groups excluding carboxylic acids is 2. The van der Waals surface area contributed by atoms with Gasteiger partial charge >= 0.3 is 0 Å². The molecule has 162 valence electrons. The molecule has 2 N–H and O–H groups in total. The van der Waals surface area contributed by atoms with E-state index in [0.29, 0.717) is 22.6 Å². The second-order valence-corrected chi connectivity index (χ2v) is 7.11. The molecule has 0 radical (unpaired) electrons. The highest BCUT2D eigenvalue weighted by Crippen LogP contribution is 2.16. The minimum Gasteiger partial charge on any atom is -0.497 e. The zero-order chi connectivity index (χ0) is 22.5. The van der Waals surface area contributed by atoms with E-state index in [1.54, 1.807) is 55.6 Å². The highest BCUT2D eigenvalue weighted by atomic mass is 16.5. The molecule has 0 aliphatic rings. The number of rotatable bonds is 6. The van der Waals surface area contributed by atoms with Gasteiger partial charge in [0.15, 0.2) is 0 Å². The summed E-state index contributed by atoms with van der Waals surface area (Å²) in [4.78, 5) is 29.2. The monoisotopic (exact) mass is 430 g/mol. The molecule has 0 aliphatic carbocycles. The van der Waals surface area contributed by atoms with Crippen LogP contribution in [0.4, 0.5) is 0 Å². The van der Waals surface area contributed by atoms with Gasteiger partial charge in [-0.3, -0.25) is 20.4 Å². The van der Waals surface area contributed by atoms with Gasteiger partial charge in [-0.15, -0.1) is 0 Å². The number of nitrogens with zero attached hydrogens (tertiary/aromatic N) is 2. The quantitative estimate of drug-likeness (QED) is 0.458. The first-order valence-corrected chi connectivity index (χ1v) is 9.94. The summed E-state index contributed by atoms with van der Waals surface area (Å²) in [6.07, 6.45) is 3.84. The Kier molecular flexibility index (Phi) is 6.03. The minimum atomic E-state index is -0.458. The summed E-state index contributed by atoms with van der Waals surface area (Å²) >= 11 is 0. The zero-order valence-corrected chi connectivity index (χ0v) is 17.7. The first-order valence-electron chi connectivity index (χ1n) is 9.94. The molecular formula is C24H22N4O4. The smallest absolute Gasteiger partial charge is 0.269 e. The maximum Gasteiger partial charge on any atom is 0.269 e. The molecule has 4 rings (SSSR count). The minimum absolute atomic E-state index is 0.264. The van der Waals surface area contributed by atoms with Crippen molar-refractivity contribution in [3.8, 4) is 11.5 Å². The van der Waals surface area contributed by atoms with Crippen LogP contribution in [-0.4, -0.2) is 28.3 Å². The molecule has 2 amide bonds. The Labute approximate surface area is 184 Å². The lowest BCUT2D eigenvalue weighted by molar-refractivity contribution is 0.0846. The summed E-state index contributed by atoms with van der Waals surface area (Å²) in [5.41, 5.74) is 8.29. The number of pyridine rings is 1. The predicted molar refractivity (Wildman–Crippen MR) is 119 cm³/mol. The average molecular weight is 430 g/mol. The summed E-state index contributed by atoms with van der Waals surface area (Å²) in [6, 6.07) is 17.2. The number of imidazole rings is 1. The van der Waals surface area contributed by atoms with Gasteiger partial charge in [0.1, 0.15) is 23.8 Å². The van der Waals surface area contributed by atoms with Crippen molar-refractivity contribution in [2.45, 2.75) is 13.5 Å². The Hall–Kier alpha value is -4.33. The van der Waals surface area contributed by atoms with Gasteiger partial charge in [0.2, 0.25) is 0 Å². The summed E-state index contributed by atoms with van der Waals surface area (Å²) in [7, 11) is 1.55. The maximum absolute atomic E-state index is 12.4. The highest BCUT2D eigenvalue weighted by molar-refractivity contribution is 5.99. The fourth-order valence-corrected chi connectivity index (χ4v) is 3.16. The molecule has 0 bridgehead atoms. The second-order valence-electron chi connectivity index (χ2n) is 7.11. The number of hydrogen-bond acceptors (Lipinski definition) is 5. The van der Waals surface area contributed by atoms with Crippen LogP contribution < -0.4 is 20.3 Å². The van der Waals surface area contributed by atoms with Crippen molar-refractivity contribution in [3.63, 3.8) is 0 Å². The van der Waals surface area contributed by atoms with Crippen LogP contribution in [0, 0.1) is 6.92 Å². The van der Waals surface area contributed by atoms with Crippen molar-refractivity contribution in [2.75, 3.05) is 7.11 Å². The maximum atomic E-state index is 12.4. The van der Waals surface area contributed by atoms with E-state index >= 15 is 0 Å². The standard InChI is InChI=1S/C24H22N4O4/c1-16-5-4-12-28-14-19(25-22(16)28)15-32-21-7-3-6-18(13-21)24(30)27-26-23(29)17-8-10-20(31-2)11-9-17/h3-14H,15H2,1-2H3,(H,26,29)(H,27,30). The van der Waals surface area contributed by atoms with Crippen molar-refractivity contribution in [1.29, 1.82) is 0 Å². The molecule has 0 spiro atoms. The van der Waals surface area contributed by atoms with Crippen LogP contribution in [0.15, 0.2) is 73.1 Å². The number of hydrazine groups is 1. The zero-order valence-electron chi connectivity index (χ0n) is 17.7. The molecule has 0 saturated heterocycles. The van der Waals surface area contributed by atoms with Crippen LogP contribution in [-0.2, 0) is 6.61 Å². The molecule has 4 aromatic rings. The number of methoxy groups -OCH3 is 1. The largest absolute Gasteiger partial charge is 0.497 e. The van der Waals surface area contributed by atoms with Crippen LogP contribution in [0.25, 0.3) is 5.65 Å². The fraction of sp³-hybridized carbons (Fsp3) is 0.125. The van der Waals surface area contributed by atoms with E-state index in [1.165, 1.54) is 0 Å². The molecule has 32 heavy (non-hydrogen) atoms. The van der Waals surface area contributed by atoms with Crippen molar-refractivity contribution in [2.24, 2.45) is 0 Å². The van der Waals surface area contributed by atoms with Gasteiger partial charge in [-0.1, -0.05) is 12.1 Å². The Bertz CT molecular complexity index is 1260. The van der Waals surface area contributed by atoms with Gasteiger partial charge < -0.3 is 13.9 Å². The van der Waals surface area contributed by atoms with E-state index in [0.717, 1.165) is 16.9 Å². The third-order valence-electron chi connectivity index (χ3n) is 4.85. The number of fused-ring (bicyclic) bond motifs is 1. The van der Waals surface area contributed by atoms with Crippen LogP contribution in [0.1, 0.15) is 32.0 Å². The number of hydrogen-bond donors (Lipinski definition) is 2. The first kappa shape index (κ1) is 20.9. The van der Waals surface area contributed by atoms with Crippen LogP contribution in [0.3, 0.4) is 0 Å². The number of carbonyl (C=O) groups is 2. The second kappa shape index (κ2) is 9.22. The molecule has 8 nitrogen and oxygen atoms in total. The lowest BCUT2D eigenvalue weighted by atomic mass is 10.2. The Morgan fingerprint density at radius 1 is 0.938 bits per heavy atom. The molecule has 8 heteroatoms. The molecular weight excluding hydrogens is 408 g/mol. The molecule has 2 heterocycles. The number of aromatic nitrogens is 2. The Morgan fingerprint density at radius 3 is 2.41 bits per heavy atom. The van der Waals surface area contributed by atoms with Crippen LogP contribution >= 0.6 is 0 Å². The van der Waals surface area contributed by atoms with Gasteiger partial charge in [-0.05, 0) is 61.0 Å². The lowest BCUT2D eigenvalue weighted by Gasteiger charge is -2.09. The summed E-state index contributed by atoms with van der Waals surface area (Å²) in [5, 5.41) is 0. The number of ether oxygens (including phenoxy) is 2. The van der Waals surface area contributed by atoms with Crippen molar-refractivity contribution < 1.29 is 19.1 Å². The molecule has 0 saturated carbocycles. The first-order chi connectivity index (χ1) is 15.5.